The van der Waals surface area contributed by atoms with Crippen LogP contribution in [0.2, 0.25) is 0 Å². The van der Waals surface area contributed by atoms with E-state index in [4.69, 9.17) is 33.2 Å². The van der Waals surface area contributed by atoms with E-state index in [1.54, 1.807) is 7.11 Å². The summed E-state index contributed by atoms with van der Waals surface area (Å²) in [5.74, 6) is 0.643. The third kappa shape index (κ3) is 80.6. The molecule has 2 fully saturated rings. The molecule has 0 amide bonds. The van der Waals surface area contributed by atoms with Crippen molar-refractivity contribution in [1.29, 1.82) is 0 Å². The minimum atomic E-state index is 0. The van der Waals surface area contributed by atoms with Crippen molar-refractivity contribution in [2.24, 2.45) is 11.3 Å². The molecule has 2 saturated heterocycles. The molecule has 1 atom stereocenters. The van der Waals surface area contributed by atoms with Gasteiger partial charge >= 0.3 is 0 Å². The van der Waals surface area contributed by atoms with E-state index in [0.29, 0.717) is 18.1 Å². The maximum Gasteiger partial charge on any atom is 0.0835 e. The summed E-state index contributed by atoms with van der Waals surface area (Å²) in [5.41, 5.74) is 0.484. The fraction of sp³-hybridized carbons (Fsp3) is 1.00. The maximum absolute atomic E-state index is 5.83. The van der Waals surface area contributed by atoms with Gasteiger partial charge in [0, 0.05) is 53.0 Å². The first kappa shape index (κ1) is 77.1. The molecule has 2 aliphatic heterocycles. The normalized spacial score (nSPS) is 16.5. The molecule has 1 unspecified atom stereocenters. The monoisotopic (exact) mass is 954 g/mol. The first-order valence-electron chi connectivity index (χ1n) is 25.1. The highest BCUT2D eigenvalue weighted by Crippen LogP contribution is 2.20. The second-order valence-electron chi connectivity index (χ2n) is 26.7. The number of methoxy groups -OCH3 is 1. The average Bonchev–Trinajstić information content (AvgIpc) is 3.43. The topological polar surface area (TPSA) is 74.3 Å². The Morgan fingerprint density at radius 1 is 0.515 bits per heavy atom. The van der Waals surface area contributed by atoms with Crippen LogP contribution in [-0.4, -0.2) is 161 Å². The highest BCUT2D eigenvalue weighted by Gasteiger charge is 2.28. The van der Waals surface area contributed by atoms with Crippen molar-refractivity contribution in [1.82, 2.24) is 14.7 Å². The molecule has 0 radical (unpaired) electrons. The van der Waals surface area contributed by atoms with Gasteiger partial charge in [0.2, 0.25) is 0 Å². The van der Waals surface area contributed by atoms with E-state index >= 15 is 0 Å². The van der Waals surface area contributed by atoms with Crippen molar-refractivity contribution in [2.75, 3.05) is 94.5 Å². The number of nitrogens with zero attached hydrogens (tertiary/aromatic N) is 3. The van der Waals surface area contributed by atoms with Crippen LogP contribution in [0.25, 0.3) is 0 Å². The molecule has 408 valence electrons. The van der Waals surface area contributed by atoms with Crippen LogP contribution < -0.4 is 0 Å². The molecule has 0 aliphatic carbocycles. The third-order valence-electron chi connectivity index (χ3n) is 7.93. The molecule has 0 bridgehead atoms. The largest absolute Gasteiger partial charge is 0.379 e. The quantitative estimate of drug-likeness (QED) is 0.187. The molecule has 2 aliphatic rings. The summed E-state index contributed by atoms with van der Waals surface area (Å²) < 4.78 is 38.5. The SMILES string of the molecule is C.CC(C)(C)COC(C)(C)C.CC(C)COC(C)(C)C.CCCCOC(C)(C)C.CN(C)CCOC(C)(C)C.CN1CC(OC(C)(C)C)C1.CN1CCC(OC(C)(C)C)C1.COC(C)(C)C. The number of hydrogen-bond donors (Lipinski definition) is 0. The smallest absolute Gasteiger partial charge is 0.0835 e. The van der Waals surface area contributed by atoms with E-state index in [-0.39, 0.29) is 52.0 Å². The van der Waals surface area contributed by atoms with Crippen molar-refractivity contribution in [3.8, 4) is 0 Å². The van der Waals surface area contributed by atoms with E-state index in [1.807, 2.05) is 34.9 Å². The zero-order valence-corrected chi connectivity index (χ0v) is 50.4. The lowest BCUT2D eigenvalue weighted by molar-refractivity contribution is -0.117. The van der Waals surface area contributed by atoms with Crippen LogP contribution in [-0.2, 0) is 33.2 Å². The van der Waals surface area contributed by atoms with Crippen LogP contribution in [0.1, 0.15) is 214 Å². The van der Waals surface area contributed by atoms with Crippen LogP contribution in [0, 0.1) is 11.3 Å². The fourth-order valence-corrected chi connectivity index (χ4v) is 4.61. The van der Waals surface area contributed by atoms with Gasteiger partial charge in [0.05, 0.1) is 64.6 Å². The predicted octanol–water partition coefficient (Wildman–Crippen LogP) is 14.0. The Labute approximate surface area is 417 Å². The van der Waals surface area contributed by atoms with Crippen LogP contribution in [0.15, 0.2) is 0 Å². The number of likely N-dealkylation sites (N-methyl/N-ethyl adjacent to an activating group) is 3. The van der Waals surface area contributed by atoms with Crippen LogP contribution >= 0.6 is 0 Å². The van der Waals surface area contributed by atoms with Gasteiger partial charge in [-0.3, -0.25) is 0 Å². The Hall–Kier alpha value is -0.400. The molecule has 0 spiro atoms. The number of rotatable bonds is 11. The van der Waals surface area contributed by atoms with Crippen molar-refractivity contribution in [2.45, 2.75) is 265 Å². The molecule has 0 saturated carbocycles. The summed E-state index contributed by atoms with van der Waals surface area (Å²) in [6.45, 7) is 65.6. The van der Waals surface area contributed by atoms with Gasteiger partial charge < -0.3 is 47.9 Å². The molecular weight excluding hydrogens is 827 g/mol. The third-order valence-corrected chi connectivity index (χ3v) is 7.93. The van der Waals surface area contributed by atoms with Gasteiger partial charge in [-0.05, 0) is 198 Å². The summed E-state index contributed by atoms with van der Waals surface area (Å²) in [6, 6.07) is 0. The van der Waals surface area contributed by atoms with E-state index in [0.717, 1.165) is 52.6 Å². The Balaban J connectivity index is -0.000000160. The molecule has 0 aromatic carbocycles. The van der Waals surface area contributed by atoms with Gasteiger partial charge in [-0.15, -0.1) is 0 Å². The number of unbranched alkanes of at least 4 members (excludes halogenated alkanes) is 1. The van der Waals surface area contributed by atoms with E-state index in [1.165, 1.54) is 25.8 Å². The minimum Gasteiger partial charge on any atom is -0.379 e. The van der Waals surface area contributed by atoms with Crippen molar-refractivity contribution in [3.05, 3.63) is 0 Å². The summed E-state index contributed by atoms with van der Waals surface area (Å²) in [6.07, 6.45) is 4.52. The predicted molar refractivity (Wildman–Crippen MR) is 293 cm³/mol. The second kappa shape index (κ2) is 36.5. The van der Waals surface area contributed by atoms with E-state index in [2.05, 4.69) is 195 Å². The highest BCUT2D eigenvalue weighted by atomic mass is 16.5. The van der Waals surface area contributed by atoms with E-state index < -0.39 is 0 Å². The van der Waals surface area contributed by atoms with E-state index in [9.17, 15) is 0 Å². The molecule has 2 rings (SSSR count). The van der Waals surface area contributed by atoms with Crippen molar-refractivity contribution >= 4 is 0 Å². The molecule has 10 nitrogen and oxygen atoms in total. The lowest BCUT2D eigenvalue weighted by Gasteiger charge is -2.39. The Morgan fingerprint density at radius 3 is 1.11 bits per heavy atom. The minimum absolute atomic E-state index is 0. The molecule has 10 heteroatoms. The molecule has 0 N–H and O–H groups in total. The molecule has 0 aromatic rings. The Morgan fingerprint density at radius 2 is 0.879 bits per heavy atom. The summed E-state index contributed by atoms with van der Waals surface area (Å²) in [4.78, 5) is 6.69. The van der Waals surface area contributed by atoms with Gasteiger partial charge in [-0.2, -0.15) is 0 Å². The standard InChI is InChI=1S/C9H19NO.C9H20O.C8H17NO.C8H19NO.2C8H18O.C5H12O.CH4/c1-9(2,3)11-8-5-6-10(4)7-8;1-8(2,3)7-10-9(4,5)6;1-8(2,3)10-7-5-9(4)6-7;1-8(2,3)10-7-6-9(4)5;1-7(2)6-9-8(3,4)5;1-5-6-7-9-8(2,3)4;1-5(2,3)6-4;/h8H,5-7H2,1-4H3;7H2,1-6H3;7H,5-6H2,1-4H3;6-7H2,1-5H3;7H,6H2,1-5H3;5-7H2,1-4H3;1-4H3;1H4. The number of ether oxygens (including phenoxy) is 7. The molecular formula is C56H127N3O7. The zero-order valence-electron chi connectivity index (χ0n) is 50.4. The van der Waals surface area contributed by atoms with Gasteiger partial charge in [0.25, 0.3) is 0 Å². The molecule has 2 heterocycles. The van der Waals surface area contributed by atoms with Gasteiger partial charge in [0.1, 0.15) is 0 Å². The van der Waals surface area contributed by atoms with Gasteiger partial charge in [-0.25, -0.2) is 0 Å². The van der Waals surface area contributed by atoms with Crippen LogP contribution in [0.5, 0.6) is 0 Å². The van der Waals surface area contributed by atoms with Gasteiger partial charge in [-0.1, -0.05) is 55.4 Å². The summed E-state index contributed by atoms with van der Waals surface area (Å²) in [7, 11) is 10.1. The zero-order chi connectivity index (χ0) is 52.9. The molecule has 0 aromatic heterocycles. The number of hydrogen-bond acceptors (Lipinski definition) is 10. The van der Waals surface area contributed by atoms with Crippen molar-refractivity contribution < 1.29 is 33.2 Å². The lowest BCUT2D eigenvalue weighted by atomic mass is 9.98. The first-order valence-corrected chi connectivity index (χ1v) is 25.1. The molecule has 66 heavy (non-hydrogen) atoms. The average molecular weight is 955 g/mol. The fourth-order valence-electron chi connectivity index (χ4n) is 4.61. The first-order chi connectivity index (χ1) is 28.6. The van der Waals surface area contributed by atoms with Crippen LogP contribution in [0.4, 0.5) is 0 Å². The summed E-state index contributed by atoms with van der Waals surface area (Å²) >= 11 is 0. The highest BCUT2D eigenvalue weighted by molar-refractivity contribution is 4.80. The van der Waals surface area contributed by atoms with Crippen LogP contribution in [0.3, 0.4) is 0 Å². The summed E-state index contributed by atoms with van der Waals surface area (Å²) in [5, 5.41) is 0. The second-order valence-corrected chi connectivity index (χ2v) is 26.7. The van der Waals surface area contributed by atoms with Crippen molar-refractivity contribution in [3.63, 3.8) is 0 Å². The van der Waals surface area contributed by atoms with Gasteiger partial charge in [0.15, 0.2) is 0 Å². The Kier molecular flexibility index (Phi) is 42.6. The maximum atomic E-state index is 5.83. The number of likely N-dealkylation sites (tertiary alicyclic amines) is 2. The Bertz CT molecular complexity index is 1030. The lowest BCUT2D eigenvalue weighted by Crippen LogP contribution is -2.52.